The van der Waals surface area contributed by atoms with Crippen LogP contribution in [0.1, 0.15) is 50.3 Å². The third-order valence-corrected chi connectivity index (χ3v) is 4.17. The monoisotopic (exact) mass is 291 g/mol. The molecule has 3 nitrogen and oxygen atoms in total. The number of likely N-dealkylation sites (tertiary alicyclic amines) is 1. The summed E-state index contributed by atoms with van der Waals surface area (Å²) >= 11 is 0. The van der Waals surface area contributed by atoms with E-state index >= 15 is 0 Å². The number of benzene rings is 1. The fourth-order valence-electron chi connectivity index (χ4n) is 3.09. The molecule has 1 aliphatic heterocycles. The van der Waals surface area contributed by atoms with E-state index in [0.717, 1.165) is 31.9 Å². The molecule has 0 saturated carbocycles. The average Bonchev–Trinajstić information content (AvgIpc) is 2.97. The number of aryl methyl sites for hydroxylation is 1. The van der Waals surface area contributed by atoms with E-state index in [4.69, 9.17) is 4.74 Å². The summed E-state index contributed by atoms with van der Waals surface area (Å²) in [7, 11) is 0. The lowest BCUT2D eigenvalue weighted by atomic mass is 9.97. The van der Waals surface area contributed by atoms with E-state index in [2.05, 4.69) is 43.9 Å². The molecule has 1 N–H and O–H groups in total. The molecule has 1 atom stereocenters. The van der Waals surface area contributed by atoms with Crippen LogP contribution in [0, 0.1) is 12.8 Å². The summed E-state index contributed by atoms with van der Waals surface area (Å²) in [5, 5.41) is 9.40. The molecule has 21 heavy (non-hydrogen) atoms. The van der Waals surface area contributed by atoms with Gasteiger partial charge >= 0.3 is 0 Å². The maximum Gasteiger partial charge on any atom is 0.119 e. The molecule has 0 radical (unpaired) electrons. The molecule has 1 saturated heterocycles. The Morgan fingerprint density at radius 1 is 1.24 bits per heavy atom. The molecular weight excluding hydrogens is 262 g/mol. The van der Waals surface area contributed by atoms with Gasteiger partial charge < -0.3 is 9.84 Å². The van der Waals surface area contributed by atoms with Gasteiger partial charge in [0.25, 0.3) is 0 Å². The molecule has 118 valence electrons. The van der Waals surface area contributed by atoms with Gasteiger partial charge in [-0.15, -0.1) is 0 Å². The minimum Gasteiger partial charge on any atom is -0.493 e. The van der Waals surface area contributed by atoms with Crippen LogP contribution in [0.15, 0.2) is 18.2 Å². The van der Waals surface area contributed by atoms with Gasteiger partial charge in [-0.3, -0.25) is 4.90 Å². The largest absolute Gasteiger partial charge is 0.493 e. The molecule has 1 heterocycles. The number of aliphatic hydroxyl groups excluding tert-OH is 1. The van der Waals surface area contributed by atoms with E-state index in [1.165, 1.54) is 24.0 Å². The zero-order chi connectivity index (χ0) is 15.2. The number of rotatable bonds is 7. The van der Waals surface area contributed by atoms with E-state index in [1.54, 1.807) is 0 Å². The zero-order valence-corrected chi connectivity index (χ0v) is 13.6. The van der Waals surface area contributed by atoms with Crippen molar-refractivity contribution in [3.8, 4) is 5.75 Å². The molecule has 1 aromatic carbocycles. The van der Waals surface area contributed by atoms with Crippen LogP contribution in [0.2, 0.25) is 0 Å². The summed E-state index contributed by atoms with van der Waals surface area (Å²) in [6.45, 7) is 9.76. The fraction of sp³-hybridized carbons (Fsp3) is 0.667. The first kappa shape index (κ1) is 16.3. The van der Waals surface area contributed by atoms with Gasteiger partial charge in [0.1, 0.15) is 5.75 Å². The minimum absolute atomic E-state index is 0.242. The van der Waals surface area contributed by atoms with Gasteiger partial charge in [0.15, 0.2) is 0 Å². The van der Waals surface area contributed by atoms with Crippen molar-refractivity contribution < 1.29 is 9.84 Å². The molecule has 1 unspecified atom stereocenters. The average molecular weight is 291 g/mol. The second kappa shape index (κ2) is 7.81. The highest BCUT2D eigenvalue weighted by molar-refractivity contribution is 5.37. The first-order chi connectivity index (χ1) is 10.1. The van der Waals surface area contributed by atoms with Crippen LogP contribution in [-0.4, -0.2) is 36.3 Å². The Morgan fingerprint density at radius 3 is 2.52 bits per heavy atom. The fourth-order valence-corrected chi connectivity index (χ4v) is 3.09. The predicted molar refractivity (Wildman–Crippen MR) is 86.8 cm³/mol. The third kappa shape index (κ3) is 4.45. The second-order valence-electron chi connectivity index (χ2n) is 6.49. The predicted octanol–water partition coefficient (Wildman–Crippen LogP) is 3.55. The maximum absolute atomic E-state index is 9.40. The summed E-state index contributed by atoms with van der Waals surface area (Å²) < 4.78 is 5.81. The van der Waals surface area contributed by atoms with E-state index in [0.29, 0.717) is 12.0 Å². The summed E-state index contributed by atoms with van der Waals surface area (Å²) in [5.41, 5.74) is 2.60. The van der Waals surface area contributed by atoms with Crippen LogP contribution in [0.4, 0.5) is 0 Å². The molecule has 1 aliphatic rings. The second-order valence-corrected chi connectivity index (χ2v) is 6.49. The Labute approximate surface area is 128 Å². The molecule has 0 aromatic heterocycles. The number of hydrogen-bond acceptors (Lipinski definition) is 3. The first-order valence-corrected chi connectivity index (χ1v) is 8.20. The molecule has 3 heteroatoms. The van der Waals surface area contributed by atoms with Crippen molar-refractivity contribution in [2.24, 2.45) is 5.92 Å². The van der Waals surface area contributed by atoms with Crippen molar-refractivity contribution in [1.29, 1.82) is 0 Å². The summed E-state index contributed by atoms with van der Waals surface area (Å²) in [5.74, 6) is 1.49. The van der Waals surface area contributed by atoms with E-state index in [-0.39, 0.29) is 6.61 Å². The Morgan fingerprint density at radius 2 is 1.95 bits per heavy atom. The molecular formula is C18H29NO2. The standard InChI is InChI=1S/C18H29NO2/c1-14(2)13-21-16-6-7-17(15(3)12-16)18(8-11-20)19-9-4-5-10-19/h6-7,12,14,18,20H,4-5,8-11,13H2,1-3H3. The van der Waals surface area contributed by atoms with Crippen LogP contribution >= 0.6 is 0 Å². The van der Waals surface area contributed by atoms with E-state index in [1.807, 2.05) is 0 Å². The lowest BCUT2D eigenvalue weighted by Gasteiger charge is -2.29. The van der Waals surface area contributed by atoms with Crippen LogP contribution < -0.4 is 4.74 Å². The summed E-state index contributed by atoms with van der Waals surface area (Å²) in [4.78, 5) is 2.51. The Balaban J connectivity index is 2.12. The highest BCUT2D eigenvalue weighted by Crippen LogP contribution is 2.31. The van der Waals surface area contributed by atoms with E-state index in [9.17, 15) is 5.11 Å². The Hall–Kier alpha value is -1.06. The van der Waals surface area contributed by atoms with Crippen LogP contribution in [-0.2, 0) is 0 Å². The van der Waals surface area contributed by atoms with E-state index < -0.39 is 0 Å². The normalized spacial score (nSPS) is 17.4. The van der Waals surface area contributed by atoms with Crippen molar-refractivity contribution in [3.05, 3.63) is 29.3 Å². The Kier molecular flexibility index (Phi) is 6.07. The van der Waals surface area contributed by atoms with Gasteiger partial charge in [0.05, 0.1) is 6.61 Å². The molecule has 0 amide bonds. The van der Waals surface area contributed by atoms with Crippen molar-refractivity contribution >= 4 is 0 Å². The van der Waals surface area contributed by atoms with Gasteiger partial charge in [0.2, 0.25) is 0 Å². The van der Waals surface area contributed by atoms with Gasteiger partial charge in [-0.1, -0.05) is 19.9 Å². The minimum atomic E-state index is 0.242. The third-order valence-electron chi connectivity index (χ3n) is 4.17. The van der Waals surface area contributed by atoms with Crippen molar-refractivity contribution in [1.82, 2.24) is 4.90 Å². The first-order valence-electron chi connectivity index (χ1n) is 8.20. The van der Waals surface area contributed by atoms with Gasteiger partial charge in [-0.05, 0) is 68.5 Å². The van der Waals surface area contributed by atoms with Crippen molar-refractivity contribution in [2.75, 3.05) is 26.3 Å². The van der Waals surface area contributed by atoms with Gasteiger partial charge in [0, 0.05) is 12.6 Å². The molecule has 2 rings (SSSR count). The lowest BCUT2D eigenvalue weighted by molar-refractivity contribution is 0.185. The molecule has 1 fully saturated rings. The highest BCUT2D eigenvalue weighted by Gasteiger charge is 2.24. The number of nitrogens with zero attached hydrogens (tertiary/aromatic N) is 1. The molecule has 1 aromatic rings. The van der Waals surface area contributed by atoms with Crippen LogP contribution in [0.25, 0.3) is 0 Å². The molecule has 0 spiro atoms. The number of aliphatic hydroxyl groups is 1. The van der Waals surface area contributed by atoms with Crippen LogP contribution in [0.5, 0.6) is 5.75 Å². The zero-order valence-electron chi connectivity index (χ0n) is 13.6. The number of hydrogen-bond donors (Lipinski definition) is 1. The molecule has 0 bridgehead atoms. The lowest BCUT2D eigenvalue weighted by Crippen LogP contribution is -2.27. The topological polar surface area (TPSA) is 32.7 Å². The van der Waals surface area contributed by atoms with Crippen molar-refractivity contribution in [3.63, 3.8) is 0 Å². The SMILES string of the molecule is Cc1cc(OCC(C)C)ccc1C(CCO)N1CCCC1. The highest BCUT2D eigenvalue weighted by atomic mass is 16.5. The summed E-state index contributed by atoms with van der Waals surface area (Å²) in [6, 6.07) is 6.74. The quantitative estimate of drug-likeness (QED) is 0.834. The molecule has 0 aliphatic carbocycles. The Bertz CT molecular complexity index is 439. The van der Waals surface area contributed by atoms with Gasteiger partial charge in [-0.25, -0.2) is 0 Å². The van der Waals surface area contributed by atoms with Crippen LogP contribution in [0.3, 0.4) is 0 Å². The number of ether oxygens (including phenoxy) is 1. The van der Waals surface area contributed by atoms with Crippen molar-refractivity contribution in [2.45, 2.75) is 46.1 Å². The smallest absolute Gasteiger partial charge is 0.119 e. The van der Waals surface area contributed by atoms with Gasteiger partial charge in [-0.2, -0.15) is 0 Å². The summed E-state index contributed by atoms with van der Waals surface area (Å²) in [6.07, 6.45) is 3.36. The maximum atomic E-state index is 9.40.